The number of hydrogen-bond acceptors (Lipinski definition) is 1. The van der Waals surface area contributed by atoms with E-state index < -0.39 is 10.8 Å². The molecule has 0 heterocycles. The van der Waals surface area contributed by atoms with Crippen LogP contribution in [0.1, 0.15) is 39.0 Å². The van der Waals surface area contributed by atoms with Gasteiger partial charge in [-0.15, -0.1) is 0 Å². The van der Waals surface area contributed by atoms with Crippen molar-refractivity contribution >= 4 is 10.8 Å². The molecule has 0 radical (unpaired) electrons. The lowest BCUT2D eigenvalue weighted by Gasteiger charge is -1.93. The molecule has 0 spiro atoms. The first kappa shape index (κ1) is 10.9. The fourth-order valence-electron chi connectivity index (χ4n) is 0.893. The molecule has 66 valence electrons. The van der Waals surface area contributed by atoms with Crippen LogP contribution in [0.25, 0.3) is 0 Å². The smallest absolute Gasteiger partial charge is 0.0421 e. The van der Waals surface area contributed by atoms with Gasteiger partial charge in [0.15, 0.2) is 0 Å². The minimum Gasteiger partial charge on any atom is -0.255 e. The van der Waals surface area contributed by atoms with Crippen LogP contribution < -0.4 is 0 Å². The third kappa shape index (κ3) is 9.89. The molecule has 0 aliphatic carbocycles. The Labute approximate surface area is 72.3 Å². The highest BCUT2D eigenvalue weighted by Gasteiger charge is 1.84. The Morgan fingerprint density at radius 3 is 2.55 bits per heavy atom. The minimum absolute atomic E-state index is 0.753. The summed E-state index contributed by atoms with van der Waals surface area (Å²) in [4.78, 5) is 0. The Bertz CT molecular complexity index is 130. The number of unbranched alkanes of at least 4 members (excludes halogenated alkanes) is 4. The highest BCUT2D eigenvalue weighted by molar-refractivity contribution is 7.87. The minimum atomic E-state index is -0.753. The highest BCUT2D eigenvalue weighted by Crippen LogP contribution is 2.02. The van der Waals surface area contributed by atoms with E-state index in [4.69, 9.17) is 0 Å². The van der Waals surface area contributed by atoms with Crippen LogP contribution in [0.2, 0.25) is 0 Å². The summed E-state index contributed by atoms with van der Waals surface area (Å²) in [5.41, 5.74) is 0. The van der Waals surface area contributed by atoms with E-state index in [1.165, 1.54) is 25.7 Å². The first-order chi connectivity index (χ1) is 5.27. The van der Waals surface area contributed by atoms with Crippen LogP contribution in [0, 0.1) is 0 Å². The Morgan fingerprint density at radius 1 is 1.27 bits per heavy atom. The lowest BCUT2D eigenvalue weighted by molar-refractivity contribution is 0.674. The van der Waals surface area contributed by atoms with Crippen LogP contribution >= 0.6 is 0 Å². The summed E-state index contributed by atoms with van der Waals surface area (Å²) >= 11 is 0. The van der Waals surface area contributed by atoms with Crippen molar-refractivity contribution < 1.29 is 4.21 Å². The Morgan fingerprint density at radius 2 is 2.00 bits per heavy atom. The van der Waals surface area contributed by atoms with Crippen molar-refractivity contribution in [3.63, 3.8) is 0 Å². The molecule has 0 bridgehead atoms. The summed E-state index contributed by atoms with van der Waals surface area (Å²) in [5, 5.41) is 1.77. The molecule has 1 atom stereocenters. The van der Waals surface area contributed by atoms with Gasteiger partial charge in [-0.1, -0.05) is 32.3 Å². The maximum absolute atomic E-state index is 10.6. The van der Waals surface area contributed by atoms with Crippen molar-refractivity contribution in [1.82, 2.24) is 0 Å². The molecule has 0 saturated heterocycles. The molecule has 11 heavy (non-hydrogen) atoms. The molecular formula is C9H18OS. The van der Waals surface area contributed by atoms with E-state index >= 15 is 0 Å². The number of rotatable bonds is 6. The summed E-state index contributed by atoms with van der Waals surface area (Å²) in [6, 6.07) is 0. The van der Waals surface area contributed by atoms with Crippen molar-refractivity contribution in [3.05, 3.63) is 11.5 Å². The zero-order chi connectivity index (χ0) is 8.53. The molecule has 0 saturated carbocycles. The monoisotopic (exact) mass is 174 g/mol. The maximum atomic E-state index is 10.6. The first-order valence-electron chi connectivity index (χ1n) is 4.26. The second-order valence-electron chi connectivity index (χ2n) is 2.72. The molecule has 0 N–H and O–H groups in total. The van der Waals surface area contributed by atoms with Gasteiger partial charge < -0.3 is 0 Å². The summed E-state index contributed by atoms with van der Waals surface area (Å²) in [6.07, 6.45) is 9.94. The lowest BCUT2D eigenvalue weighted by Crippen LogP contribution is -1.77. The topological polar surface area (TPSA) is 17.1 Å². The summed E-state index contributed by atoms with van der Waals surface area (Å²) in [5.74, 6) is 0. The lowest BCUT2D eigenvalue weighted by atomic mass is 10.2. The van der Waals surface area contributed by atoms with E-state index in [2.05, 4.69) is 6.92 Å². The van der Waals surface area contributed by atoms with Crippen molar-refractivity contribution in [3.8, 4) is 0 Å². The molecule has 0 aliphatic rings. The van der Waals surface area contributed by atoms with Crippen LogP contribution in [-0.2, 0) is 10.8 Å². The second-order valence-corrected chi connectivity index (χ2v) is 3.99. The fourth-order valence-corrected chi connectivity index (χ4v) is 1.30. The Hall–Kier alpha value is -0.110. The van der Waals surface area contributed by atoms with Gasteiger partial charge in [-0.25, -0.2) is 0 Å². The molecule has 0 aliphatic heterocycles. The molecule has 0 rings (SSSR count). The molecule has 0 amide bonds. The van der Waals surface area contributed by atoms with Crippen molar-refractivity contribution in [2.24, 2.45) is 0 Å². The van der Waals surface area contributed by atoms with Crippen LogP contribution in [0.3, 0.4) is 0 Å². The molecule has 1 unspecified atom stereocenters. The average Bonchev–Trinajstić information content (AvgIpc) is 1.96. The van der Waals surface area contributed by atoms with Crippen LogP contribution in [-0.4, -0.2) is 10.5 Å². The summed E-state index contributed by atoms with van der Waals surface area (Å²) in [6.45, 7) is 2.21. The normalized spacial score (nSPS) is 14.0. The molecule has 0 fully saturated rings. The average molecular weight is 174 g/mol. The SMILES string of the molecule is CCCCCCC=CS(C)=O. The van der Waals surface area contributed by atoms with Gasteiger partial charge in [-0.05, 0) is 18.2 Å². The van der Waals surface area contributed by atoms with Gasteiger partial charge in [-0.3, -0.25) is 4.21 Å². The molecule has 2 heteroatoms. The standard InChI is InChI=1S/C9H18OS/c1-3-4-5-6-7-8-9-11(2)10/h8-9H,3-7H2,1-2H3. The fraction of sp³-hybridized carbons (Fsp3) is 0.778. The van der Waals surface area contributed by atoms with Gasteiger partial charge in [0.2, 0.25) is 0 Å². The van der Waals surface area contributed by atoms with E-state index in [0.717, 1.165) is 6.42 Å². The van der Waals surface area contributed by atoms with Gasteiger partial charge in [0.25, 0.3) is 0 Å². The molecular weight excluding hydrogens is 156 g/mol. The molecule has 0 aromatic carbocycles. The highest BCUT2D eigenvalue weighted by atomic mass is 32.2. The summed E-state index contributed by atoms with van der Waals surface area (Å²) in [7, 11) is -0.753. The predicted octanol–water partition coefficient (Wildman–Crippen LogP) is 2.85. The largest absolute Gasteiger partial charge is 0.255 e. The van der Waals surface area contributed by atoms with Crippen molar-refractivity contribution in [2.75, 3.05) is 6.26 Å². The van der Waals surface area contributed by atoms with Crippen LogP contribution in [0.5, 0.6) is 0 Å². The van der Waals surface area contributed by atoms with Crippen molar-refractivity contribution in [1.29, 1.82) is 0 Å². The molecule has 0 aromatic rings. The number of hydrogen-bond donors (Lipinski definition) is 0. The predicted molar refractivity (Wildman–Crippen MR) is 52.0 cm³/mol. The zero-order valence-corrected chi connectivity index (χ0v) is 8.32. The van der Waals surface area contributed by atoms with Gasteiger partial charge in [0.05, 0.1) is 0 Å². The third-order valence-corrected chi connectivity index (χ3v) is 2.09. The van der Waals surface area contributed by atoms with E-state index in [9.17, 15) is 4.21 Å². The van der Waals surface area contributed by atoms with Gasteiger partial charge >= 0.3 is 0 Å². The van der Waals surface area contributed by atoms with E-state index in [0.29, 0.717) is 0 Å². The Balaban J connectivity index is 3.07. The van der Waals surface area contributed by atoms with Gasteiger partial charge in [0, 0.05) is 17.1 Å². The van der Waals surface area contributed by atoms with E-state index in [1.54, 1.807) is 11.7 Å². The first-order valence-corrected chi connectivity index (χ1v) is 5.88. The van der Waals surface area contributed by atoms with Crippen LogP contribution in [0.15, 0.2) is 11.5 Å². The van der Waals surface area contributed by atoms with E-state index in [1.807, 2.05) is 6.08 Å². The van der Waals surface area contributed by atoms with Crippen LogP contribution in [0.4, 0.5) is 0 Å². The second kappa shape index (κ2) is 7.99. The van der Waals surface area contributed by atoms with Crippen molar-refractivity contribution in [2.45, 2.75) is 39.0 Å². The quantitative estimate of drug-likeness (QED) is 0.566. The zero-order valence-electron chi connectivity index (χ0n) is 7.51. The van der Waals surface area contributed by atoms with E-state index in [-0.39, 0.29) is 0 Å². The maximum Gasteiger partial charge on any atom is 0.0421 e. The molecule has 0 aromatic heterocycles. The summed E-state index contributed by atoms with van der Waals surface area (Å²) < 4.78 is 10.6. The third-order valence-electron chi connectivity index (χ3n) is 1.51. The number of allylic oxidation sites excluding steroid dienone is 1. The Kier molecular flexibility index (Phi) is 7.91. The van der Waals surface area contributed by atoms with Gasteiger partial charge in [-0.2, -0.15) is 0 Å². The molecule has 1 nitrogen and oxygen atoms in total. The van der Waals surface area contributed by atoms with Gasteiger partial charge in [0.1, 0.15) is 0 Å².